The van der Waals surface area contributed by atoms with E-state index in [0.29, 0.717) is 24.0 Å². The van der Waals surface area contributed by atoms with E-state index < -0.39 is 0 Å². The molecule has 96 valence electrons. The molecule has 0 aromatic rings. The number of fused-ring (bicyclic) bond motifs is 1. The second kappa shape index (κ2) is 5.19. The van der Waals surface area contributed by atoms with Gasteiger partial charge in [0.25, 0.3) is 0 Å². The molecule has 1 amide bonds. The Hall–Kier alpha value is -0.220. The molecule has 17 heavy (non-hydrogen) atoms. The molecule has 3 saturated heterocycles. The lowest BCUT2D eigenvalue weighted by Crippen LogP contribution is -2.49. The minimum atomic E-state index is 0.386. The summed E-state index contributed by atoms with van der Waals surface area (Å²) in [6, 6.07) is 1.61. The maximum absolute atomic E-state index is 11.9. The molecule has 4 heteroatoms. The van der Waals surface area contributed by atoms with Crippen molar-refractivity contribution in [3.63, 3.8) is 0 Å². The molecule has 2 unspecified atom stereocenters. The molecular formula is C13H22N2OS. The van der Waals surface area contributed by atoms with Gasteiger partial charge in [-0.15, -0.1) is 0 Å². The van der Waals surface area contributed by atoms with Crippen LogP contribution in [-0.4, -0.2) is 47.0 Å². The fourth-order valence-corrected chi connectivity index (χ4v) is 4.57. The molecule has 1 N–H and O–H groups in total. The van der Waals surface area contributed by atoms with Crippen molar-refractivity contribution in [1.29, 1.82) is 0 Å². The van der Waals surface area contributed by atoms with E-state index in [1.807, 2.05) is 0 Å². The first kappa shape index (κ1) is 11.8. The first-order valence-electron chi connectivity index (χ1n) is 6.98. The highest BCUT2D eigenvalue weighted by Gasteiger charge is 2.41. The van der Waals surface area contributed by atoms with Crippen LogP contribution >= 0.6 is 11.8 Å². The summed E-state index contributed by atoms with van der Waals surface area (Å²) in [4.78, 5) is 14.1. The lowest BCUT2D eigenvalue weighted by molar-refractivity contribution is -0.129. The van der Waals surface area contributed by atoms with Gasteiger partial charge in [0, 0.05) is 31.1 Å². The Labute approximate surface area is 108 Å². The minimum Gasteiger partial charge on any atom is -0.338 e. The van der Waals surface area contributed by atoms with Gasteiger partial charge in [-0.05, 0) is 43.6 Å². The highest BCUT2D eigenvalue weighted by molar-refractivity contribution is 7.99. The Morgan fingerprint density at radius 3 is 2.82 bits per heavy atom. The zero-order chi connectivity index (χ0) is 11.7. The van der Waals surface area contributed by atoms with Gasteiger partial charge >= 0.3 is 0 Å². The van der Waals surface area contributed by atoms with Crippen LogP contribution < -0.4 is 5.32 Å². The summed E-state index contributed by atoms with van der Waals surface area (Å²) in [5.41, 5.74) is 0. The summed E-state index contributed by atoms with van der Waals surface area (Å²) in [6.07, 6.45) is 7.02. The van der Waals surface area contributed by atoms with E-state index in [4.69, 9.17) is 0 Å². The fourth-order valence-electron chi connectivity index (χ4n) is 3.46. The number of nitrogens with one attached hydrogen (secondary N) is 1. The number of piperidine rings is 1. The van der Waals surface area contributed by atoms with Gasteiger partial charge in [0.15, 0.2) is 0 Å². The molecule has 0 spiro atoms. The van der Waals surface area contributed by atoms with Crippen molar-refractivity contribution in [2.45, 2.75) is 56.7 Å². The zero-order valence-corrected chi connectivity index (χ0v) is 11.2. The lowest BCUT2D eigenvalue weighted by Gasteiger charge is -2.35. The molecule has 0 radical (unpaired) electrons. The van der Waals surface area contributed by atoms with Crippen LogP contribution in [-0.2, 0) is 4.79 Å². The van der Waals surface area contributed by atoms with Gasteiger partial charge in [-0.3, -0.25) is 4.79 Å². The second-order valence-corrected chi connectivity index (χ2v) is 6.74. The molecule has 0 aliphatic carbocycles. The van der Waals surface area contributed by atoms with Crippen LogP contribution in [0.25, 0.3) is 0 Å². The highest BCUT2D eigenvalue weighted by Crippen LogP contribution is 2.29. The number of carbonyl (C=O) groups excluding carboxylic acids is 1. The van der Waals surface area contributed by atoms with Crippen LogP contribution in [0.4, 0.5) is 0 Å². The van der Waals surface area contributed by atoms with Gasteiger partial charge in [-0.2, -0.15) is 11.8 Å². The monoisotopic (exact) mass is 254 g/mol. The molecule has 0 aromatic carbocycles. The van der Waals surface area contributed by atoms with Gasteiger partial charge in [0.2, 0.25) is 5.91 Å². The van der Waals surface area contributed by atoms with Gasteiger partial charge in [-0.25, -0.2) is 0 Å². The van der Waals surface area contributed by atoms with Crippen molar-refractivity contribution in [2.75, 3.05) is 18.1 Å². The number of rotatable bonds is 2. The Balaban J connectivity index is 1.60. The maximum atomic E-state index is 11.9. The van der Waals surface area contributed by atoms with Crippen LogP contribution in [0.5, 0.6) is 0 Å². The maximum Gasteiger partial charge on any atom is 0.224 e. The summed E-state index contributed by atoms with van der Waals surface area (Å²) >= 11 is 2.06. The Kier molecular flexibility index (Phi) is 3.61. The van der Waals surface area contributed by atoms with Crippen molar-refractivity contribution in [3.05, 3.63) is 0 Å². The number of nitrogens with zero attached hydrogens (tertiary/aromatic N) is 1. The third kappa shape index (κ3) is 2.48. The quantitative estimate of drug-likeness (QED) is 0.813. The summed E-state index contributed by atoms with van der Waals surface area (Å²) in [6.45, 7) is 1.00. The molecule has 3 nitrogen and oxygen atoms in total. The van der Waals surface area contributed by atoms with Gasteiger partial charge in [0.05, 0.1) is 0 Å². The van der Waals surface area contributed by atoms with Crippen molar-refractivity contribution in [1.82, 2.24) is 10.2 Å². The van der Waals surface area contributed by atoms with Gasteiger partial charge in [-0.1, -0.05) is 0 Å². The minimum absolute atomic E-state index is 0.386. The zero-order valence-electron chi connectivity index (χ0n) is 10.4. The topological polar surface area (TPSA) is 32.3 Å². The molecule has 3 aliphatic heterocycles. The average Bonchev–Trinajstić information content (AvgIpc) is 2.69. The van der Waals surface area contributed by atoms with E-state index >= 15 is 0 Å². The van der Waals surface area contributed by atoms with Crippen LogP contribution in [0.2, 0.25) is 0 Å². The van der Waals surface area contributed by atoms with Crippen molar-refractivity contribution >= 4 is 17.7 Å². The van der Waals surface area contributed by atoms with E-state index in [9.17, 15) is 4.79 Å². The third-order valence-electron chi connectivity index (χ3n) is 4.40. The molecular weight excluding hydrogens is 232 g/mol. The Bertz CT molecular complexity index is 291. The summed E-state index contributed by atoms with van der Waals surface area (Å²) in [5.74, 6) is 2.96. The van der Waals surface area contributed by atoms with Crippen molar-refractivity contribution in [2.24, 2.45) is 0 Å². The first-order chi connectivity index (χ1) is 8.34. The van der Waals surface area contributed by atoms with Crippen LogP contribution in [0.15, 0.2) is 0 Å². The van der Waals surface area contributed by atoms with E-state index in [0.717, 1.165) is 13.0 Å². The molecule has 3 aliphatic rings. The molecule has 0 aromatic heterocycles. The van der Waals surface area contributed by atoms with Crippen molar-refractivity contribution in [3.8, 4) is 0 Å². The predicted octanol–water partition coefficient (Wildman–Crippen LogP) is 1.62. The van der Waals surface area contributed by atoms with Gasteiger partial charge in [0.1, 0.15) is 0 Å². The molecule has 0 saturated carbocycles. The van der Waals surface area contributed by atoms with Crippen LogP contribution in [0, 0.1) is 0 Å². The predicted molar refractivity (Wildman–Crippen MR) is 71.2 cm³/mol. The Morgan fingerprint density at radius 1 is 1.18 bits per heavy atom. The average molecular weight is 254 g/mol. The second-order valence-electron chi connectivity index (χ2n) is 5.51. The number of carbonyl (C=O) groups is 1. The number of hydrogen-bond acceptors (Lipinski definition) is 3. The highest BCUT2D eigenvalue weighted by atomic mass is 32.2. The van der Waals surface area contributed by atoms with E-state index in [1.54, 1.807) is 0 Å². The number of hydrogen-bond donors (Lipinski definition) is 1. The standard InChI is InChI=1S/C13H22N2OS/c16-13-9-11(12-3-1-2-6-15(12)13)14-10-4-7-17-8-5-10/h10-12,14H,1-9H2. The van der Waals surface area contributed by atoms with Crippen LogP contribution in [0.1, 0.15) is 38.5 Å². The normalized spacial score (nSPS) is 35.1. The molecule has 0 bridgehead atoms. The third-order valence-corrected chi connectivity index (χ3v) is 5.45. The largest absolute Gasteiger partial charge is 0.338 e. The smallest absolute Gasteiger partial charge is 0.224 e. The van der Waals surface area contributed by atoms with E-state index in [1.165, 1.54) is 43.6 Å². The van der Waals surface area contributed by atoms with Crippen LogP contribution in [0.3, 0.4) is 0 Å². The SMILES string of the molecule is O=C1CC(NC2CCSCC2)C2CCCCN12. The lowest BCUT2D eigenvalue weighted by atomic mass is 9.97. The van der Waals surface area contributed by atoms with E-state index in [-0.39, 0.29) is 0 Å². The van der Waals surface area contributed by atoms with Crippen molar-refractivity contribution < 1.29 is 4.79 Å². The molecule has 3 heterocycles. The first-order valence-corrected chi connectivity index (χ1v) is 8.13. The molecule has 2 atom stereocenters. The summed E-state index contributed by atoms with van der Waals surface area (Å²) in [5, 5.41) is 3.77. The summed E-state index contributed by atoms with van der Waals surface area (Å²) < 4.78 is 0. The Morgan fingerprint density at radius 2 is 2.00 bits per heavy atom. The number of thioether (sulfide) groups is 1. The molecule has 3 rings (SSSR count). The molecule has 3 fully saturated rings. The summed E-state index contributed by atoms with van der Waals surface area (Å²) in [7, 11) is 0. The number of amides is 1. The fraction of sp³-hybridized carbons (Fsp3) is 0.923. The van der Waals surface area contributed by atoms with Gasteiger partial charge < -0.3 is 10.2 Å². The van der Waals surface area contributed by atoms with E-state index in [2.05, 4.69) is 22.0 Å².